The van der Waals surface area contributed by atoms with E-state index in [0.29, 0.717) is 17.0 Å². The number of nitrogens with zero attached hydrogens (tertiary/aromatic N) is 1. The lowest BCUT2D eigenvalue weighted by Crippen LogP contribution is -2.21. The normalized spacial score (nSPS) is 11.4. The number of hydrogen-bond acceptors (Lipinski definition) is 2. The van der Waals surface area contributed by atoms with Gasteiger partial charge in [-0.2, -0.15) is 13.2 Å². The zero-order chi connectivity index (χ0) is 22.6. The van der Waals surface area contributed by atoms with Crippen molar-refractivity contribution in [3.05, 3.63) is 77.7 Å². The van der Waals surface area contributed by atoms with Crippen LogP contribution in [0.5, 0.6) is 0 Å². The van der Waals surface area contributed by atoms with Crippen LogP contribution in [0.3, 0.4) is 0 Å². The Labute approximate surface area is 174 Å². The number of aromatic nitrogens is 1. The Morgan fingerprint density at radius 2 is 1.71 bits per heavy atom. The monoisotopic (exact) mass is 434 g/mol. The molecule has 0 saturated heterocycles. The molecule has 3 aromatic rings. The molecule has 1 amide bonds. The van der Waals surface area contributed by atoms with Gasteiger partial charge in [-0.25, -0.2) is 4.39 Å². The van der Waals surface area contributed by atoms with E-state index in [1.54, 1.807) is 16.7 Å². The summed E-state index contributed by atoms with van der Waals surface area (Å²) in [5, 5.41) is 11.4. The predicted molar refractivity (Wildman–Crippen MR) is 106 cm³/mol. The number of benzene rings is 2. The van der Waals surface area contributed by atoms with E-state index >= 15 is 0 Å². The van der Waals surface area contributed by atoms with Crippen molar-refractivity contribution in [2.45, 2.75) is 25.6 Å². The van der Waals surface area contributed by atoms with Gasteiger partial charge >= 0.3 is 12.1 Å². The molecule has 31 heavy (non-hydrogen) atoms. The molecule has 0 bridgehead atoms. The summed E-state index contributed by atoms with van der Waals surface area (Å²) in [5.74, 6) is -2.03. The molecule has 0 saturated carbocycles. The van der Waals surface area contributed by atoms with Crippen molar-refractivity contribution in [1.29, 1.82) is 0 Å². The van der Waals surface area contributed by atoms with Crippen LogP contribution in [0.4, 0.5) is 23.2 Å². The maximum Gasteiger partial charge on any atom is 0.416 e. The highest BCUT2D eigenvalue weighted by atomic mass is 19.4. The molecular formula is C22H18F4N2O3. The van der Waals surface area contributed by atoms with Gasteiger partial charge in [-0.15, -0.1) is 0 Å². The fourth-order valence-corrected chi connectivity index (χ4v) is 3.14. The Bertz CT molecular complexity index is 1090. The maximum absolute atomic E-state index is 13.3. The lowest BCUT2D eigenvalue weighted by Gasteiger charge is -2.15. The Morgan fingerprint density at radius 1 is 1.00 bits per heavy atom. The summed E-state index contributed by atoms with van der Waals surface area (Å²) in [4.78, 5) is 23.5. The quantitative estimate of drug-likeness (QED) is 0.516. The van der Waals surface area contributed by atoms with Crippen molar-refractivity contribution in [1.82, 2.24) is 4.57 Å². The number of nitrogens with one attached hydrogen (secondary N) is 1. The van der Waals surface area contributed by atoms with Crippen molar-refractivity contribution >= 4 is 17.6 Å². The van der Waals surface area contributed by atoms with Gasteiger partial charge in [-0.1, -0.05) is 6.07 Å². The molecule has 0 aliphatic rings. The van der Waals surface area contributed by atoms with Crippen molar-refractivity contribution in [2.24, 2.45) is 0 Å². The van der Waals surface area contributed by atoms with E-state index in [2.05, 4.69) is 5.32 Å². The third kappa shape index (κ3) is 5.71. The zero-order valence-corrected chi connectivity index (χ0v) is 16.1. The third-order valence-electron chi connectivity index (χ3n) is 4.58. The summed E-state index contributed by atoms with van der Waals surface area (Å²) < 4.78 is 53.5. The molecular weight excluding hydrogens is 416 g/mol. The van der Waals surface area contributed by atoms with Crippen molar-refractivity contribution in [3.63, 3.8) is 0 Å². The van der Waals surface area contributed by atoms with Gasteiger partial charge in [0.1, 0.15) is 12.4 Å². The first kappa shape index (κ1) is 22.1. The van der Waals surface area contributed by atoms with Gasteiger partial charge in [0.05, 0.1) is 12.0 Å². The number of hydrogen-bond donors (Lipinski definition) is 2. The topological polar surface area (TPSA) is 71.3 Å². The number of amides is 1. The van der Waals surface area contributed by atoms with Crippen molar-refractivity contribution in [3.8, 4) is 11.3 Å². The van der Waals surface area contributed by atoms with Crippen molar-refractivity contribution in [2.75, 3.05) is 5.32 Å². The molecule has 0 aliphatic carbocycles. The summed E-state index contributed by atoms with van der Waals surface area (Å²) in [5.41, 5.74) is 0.818. The highest BCUT2D eigenvalue weighted by Gasteiger charge is 2.30. The summed E-state index contributed by atoms with van der Waals surface area (Å²) >= 11 is 0. The summed E-state index contributed by atoms with van der Waals surface area (Å²) in [7, 11) is 0. The van der Waals surface area contributed by atoms with Crippen LogP contribution in [0.2, 0.25) is 0 Å². The van der Waals surface area contributed by atoms with E-state index in [0.717, 1.165) is 12.1 Å². The number of alkyl halides is 3. The van der Waals surface area contributed by atoms with E-state index in [-0.39, 0.29) is 25.1 Å². The molecule has 0 spiro atoms. The lowest BCUT2D eigenvalue weighted by molar-refractivity contribution is -0.138. The molecule has 0 fully saturated rings. The molecule has 2 N–H and O–H groups in total. The van der Waals surface area contributed by atoms with Gasteiger partial charge in [-0.3, -0.25) is 9.59 Å². The molecule has 0 radical (unpaired) electrons. The molecule has 3 rings (SSSR count). The Hall–Kier alpha value is -3.62. The second kappa shape index (κ2) is 9.03. The predicted octanol–water partition coefficient (Wildman–Crippen LogP) is 4.97. The van der Waals surface area contributed by atoms with E-state index in [4.69, 9.17) is 5.11 Å². The first-order valence-corrected chi connectivity index (χ1v) is 9.27. The van der Waals surface area contributed by atoms with Crippen LogP contribution in [0.15, 0.2) is 60.7 Å². The van der Waals surface area contributed by atoms with E-state index < -0.39 is 29.4 Å². The summed E-state index contributed by atoms with van der Waals surface area (Å²) in [6.07, 6.45) is -4.56. The van der Waals surface area contributed by atoms with Gasteiger partial charge in [0, 0.05) is 17.1 Å². The van der Waals surface area contributed by atoms with Gasteiger partial charge in [0.25, 0.3) is 0 Å². The Balaban J connectivity index is 1.86. The lowest BCUT2D eigenvalue weighted by atomic mass is 10.1. The first-order chi connectivity index (χ1) is 14.6. The average Bonchev–Trinajstić information content (AvgIpc) is 3.09. The number of carboxylic acid groups (broad SMARTS) is 1. The van der Waals surface area contributed by atoms with Crippen LogP contribution in [0, 0.1) is 5.82 Å². The molecule has 9 heteroatoms. The number of carboxylic acids is 1. The highest BCUT2D eigenvalue weighted by molar-refractivity contribution is 5.91. The molecule has 2 aromatic carbocycles. The zero-order valence-electron chi connectivity index (χ0n) is 16.1. The van der Waals surface area contributed by atoms with Gasteiger partial charge < -0.3 is 15.0 Å². The van der Waals surface area contributed by atoms with Gasteiger partial charge in [0.2, 0.25) is 5.91 Å². The van der Waals surface area contributed by atoms with Gasteiger partial charge in [0.15, 0.2) is 0 Å². The number of anilines is 1. The molecule has 162 valence electrons. The van der Waals surface area contributed by atoms with E-state index in [9.17, 15) is 27.2 Å². The van der Waals surface area contributed by atoms with E-state index in [1.165, 1.54) is 36.4 Å². The smallest absolute Gasteiger partial charge is 0.416 e. The number of rotatable bonds is 7. The number of carbonyl (C=O) groups excluding carboxylic acids is 1. The van der Waals surface area contributed by atoms with E-state index in [1.807, 2.05) is 0 Å². The molecule has 1 aromatic heterocycles. The maximum atomic E-state index is 13.3. The van der Waals surface area contributed by atoms with Crippen LogP contribution in [0.25, 0.3) is 11.3 Å². The molecule has 0 atom stereocenters. The second-order valence-electron chi connectivity index (χ2n) is 6.82. The minimum atomic E-state index is -4.54. The molecule has 0 unspecified atom stereocenters. The third-order valence-corrected chi connectivity index (χ3v) is 4.58. The Kier molecular flexibility index (Phi) is 6.43. The number of aryl methyl sites for hydroxylation is 1. The number of aliphatic carboxylic acids is 1. The first-order valence-electron chi connectivity index (χ1n) is 9.27. The summed E-state index contributed by atoms with van der Waals surface area (Å²) in [6, 6.07) is 13.2. The number of halogens is 4. The Morgan fingerprint density at radius 3 is 2.35 bits per heavy atom. The highest BCUT2D eigenvalue weighted by Crippen LogP contribution is 2.31. The summed E-state index contributed by atoms with van der Waals surface area (Å²) in [6.45, 7) is -0.259. The molecule has 1 heterocycles. The fraction of sp³-hybridized carbons (Fsp3) is 0.182. The molecule has 5 nitrogen and oxygen atoms in total. The minimum Gasteiger partial charge on any atom is -0.481 e. The molecule has 0 aliphatic heterocycles. The van der Waals surface area contributed by atoms with Crippen LogP contribution in [-0.4, -0.2) is 21.6 Å². The standard InChI is InChI=1S/C22H18F4N2O3/c23-16-6-4-14(5-7-16)19-10-8-18(9-11-21(30)31)28(19)13-20(29)27-17-3-1-2-15(12-17)22(24,25)26/h1-8,10,12H,9,11,13H2,(H,27,29)(H,30,31). The fourth-order valence-electron chi connectivity index (χ4n) is 3.14. The average molecular weight is 434 g/mol. The van der Waals surface area contributed by atoms with Crippen LogP contribution < -0.4 is 5.32 Å². The van der Waals surface area contributed by atoms with Crippen LogP contribution in [0.1, 0.15) is 17.7 Å². The van der Waals surface area contributed by atoms with Gasteiger partial charge in [-0.05, 0) is 66.6 Å². The van der Waals surface area contributed by atoms with Crippen LogP contribution >= 0.6 is 0 Å². The second-order valence-corrected chi connectivity index (χ2v) is 6.82. The number of carbonyl (C=O) groups is 2. The SMILES string of the molecule is O=C(O)CCc1ccc(-c2ccc(F)cc2)n1CC(=O)Nc1cccc(C(F)(F)F)c1. The minimum absolute atomic E-state index is 0.0117. The largest absolute Gasteiger partial charge is 0.481 e. The van der Waals surface area contributed by atoms with Crippen molar-refractivity contribution < 1.29 is 32.3 Å². The van der Waals surface area contributed by atoms with Crippen LogP contribution in [-0.2, 0) is 28.7 Å².